The Bertz CT molecular complexity index is 1180. The maximum Gasteiger partial charge on any atom is 0.133 e. The summed E-state index contributed by atoms with van der Waals surface area (Å²) in [5.41, 5.74) is 8.30. The maximum atomic E-state index is 12.3. The van der Waals surface area contributed by atoms with Gasteiger partial charge < -0.3 is 0 Å². The third kappa shape index (κ3) is 7.07. The second-order valence-electron chi connectivity index (χ2n) is 11.0. The molecule has 0 N–H and O–H groups in total. The maximum absolute atomic E-state index is 12.3. The average Bonchev–Trinajstić information content (AvgIpc) is 3.15. The second kappa shape index (κ2) is 13.0. The Morgan fingerprint density at radius 1 is 1.19 bits per heavy atom. The lowest BCUT2D eigenvalue weighted by molar-refractivity contribution is -0.120. The third-order valence-electron chi connectivity index (χ3n) is 8.46. The molecule has 3 heteroatoms. The predicted molar refractivity (Wildman–Crippen MR) is 155 cm³/mol. The van der Waals surface area contributed by atoms with E-state index in [-0.39, 0.29) is 11.8 Å². The number of ketones is 1. The number of fused-ring (bicyclic) bond motifs is 1. The number of pyridine rings is 1. The number of nitrogens with zero attached hydrogens (tertiary/aromatic N) is 2. The number of carbonyl (C=O) groups is 1. The number of aryl methyl sites for hydroxylation is 2. The summed E-state index contributed by atoms with van der Waals surface area (Å²) in [6.07, 6.45) is 21.4. The molecule has 1 heterocycles. The van der Waals surface area contributed by atoms with E-state index in [1.165, 1.54) is 67.1 Å². The number of carbonyl (C=O) groups excluding carboxylic acids is 1. The van der Waals surface area contributed by atoms with E-state index in [0.717, 1.165) is 54.9 Å². The lowest BCUT2D eigenvalue weighted by Crippen LogP contribution is -2.16. The van der Waals surface area contributed by atoms with Crippen molar-refractivity contribution in [2.75, 3.05) is 0 Å². The zero-order valence-electron chi connectivity index (χ0n) is 22.6. The van der Waals surface area contributed by atoms with Crippen LogP contribution in [-0.4, -0.2) is 17.0 Å². The van der Waals surface area contributed by atoms with Gasteiger partial charge in [0.15, 0.2) is 0 Å². The molecule has 1 aromatic carbocycles. The number of aliphatic imine (C=N–C) groups is 1. The first-order valence-electron chi connectivity index (χ1n) is 14.1. The van der Waals surface area contributed by atoms with Crippen LogP contribution >= 0.6 is 0 Å². The number of rotatable bonds is 8. The highest BCUT2D eigenvalue weighted by molar-refractivity contribution is 5.79. The summed E-state index contributed by atoms with van der Waals surface area (Å²) >= 11 is 0. The minimum atomic E-state index is 0.141. The molecule has 4 rings (SSSR count). The lowest BCUT2D eigenvalue weighted by atomic mass is 9.84. The smallest absolute Gasteiger partial charge is 0.133 e. The lowest BCUT2D eigenvalue weighted by Gasteiger charge is -2.23. The minimum absolute atomic E-state index is 0.141. The van der Waals surface area contributed by atoms with Crippen LogP contribution in [0, 0.1) is 31.1 Å². The molecule has 0 saturated heterocycles. The summed E-state index contributed by atoms with van der Waals surface area (Å²) in [5, 5.41) is 0. The molecule has 1 fully saturated rings. The molecule has 1 aromatic heterocycles. The highest BCUT2D eigenvalue weighted by Gasteiger charge is 2.25. The van der Waals surface area contributed by atoms with E-state index < -0.39 is 0 Å². The zero-order valence-corrected chi connectivity index (χ0v) is 22.6. The van der Waals surface area contributed by atoms with Crippen LogP contribution in [0.15, 0.2) is 41.5 Å². The Morgan fingerprint density at radius 2 is 1.95 bits per heavy atom. The van der Waals surface area contributed by atoms with Crippen LogP contribution in [0.5, 0.6) is 0 Å². The van der Waals surface area contributed by atoms with E-state index in [1.54, 1.807) is 13.1 Å². The van der Waals surface area contributed by atoms with E-state index >= 15 is 0 Å². The molecule has 2 aliphatic carbocycles. The third-order valence-corrected chi connectivity index (χ3v) is 8.46. The van der Waals surface area contributed by atoms with Gasteiger partial charge in [-0.25, -0.2) is 0 Å². The van der Waals surface area contributed by atoms with Crippen molar-refractivity contribution in [3.63, 3.8) is 0 Å². The molecule has 0 amide bonds. The van der Waals surface area contributed by atoms with Crippen molar-refractivity contribution in [1.82, 2.24) is 4.98 Å². The molecular formula is C34H41N2O. The molecule has 1 saturated carbocycles. The van der Waals surface area contributed by atoms with Gasteiger partial charge >= 0.3 is 0 Å². The number of aromatic nitrogens is 1. The van der Waals surface area contributed by atoms with E-state index in [4.69, 9.17) is 11.4 Å². The summed E-state index contributed by atoms with van der Waals surface area (Å²) in [4.78, 5) is 21.7. The van der Waals surface area contributed by atoms with Crippen LogP contribution < -0.4 is 0 Å². The van der Waals surface area contributed by atoms with E-state index in [1.807, 2.05) is 0 Å². The van der Waals surface area contributed by atoms with Gasteiger partial charge in [0.2, 0.25) is 0 Å². The molecule has 2 aromatic rings. The largest absolute Gasteiger partial charge is 0.300 e. The molecule has 37 heavy (non-hydrogen) atoms. The first-order chi connectivity index (χ1) is 18.0. The van der Waals surface area contributed by atoms with Crippen molar-refractivity contribution in [2.45, 2.75) is 90.4 Å². The van der Waals surface area contributed by atoms with Gasteiger partial charge in [-0.2, -0.15) is 0 Å². The standard InChI is InChI=1S/C34H41N2O/c1-5-20-35-23-24(2)28-15-17-29(18-16-28)25(3)34-22-31-13-9-12-30(26(4)37)21-32(31)33(36-34)19-14-27-10-7-6-8-11-27/h1,15-18,20,22-23,25,27,30H,2,6-14,19,21H2,3-4H3/b24-23+,35-20?. The molecule has 2 aliphatic rings. The Kier molecular flexibility index (Phi) is 9.51. The average molecular weight is 494 g/mol. The Morgan fingerprint density at radius 3 is 2.65 bits per heavy atom. The Balaban J connectivity index is 1.61. The minimum Gasteiger partial charge on any atom is -0.300 e. The molecule has 2 atom stereocenters. The van der Waals surface area contributed by atoms with Gasteiger partial charge in [0.25, 0.3) is 0 Å². The van der Waals surface area contributed by atoms with Gasteiger partial charge in [0.05, 0.1) is 6.21 Å². The number of allylic oxidation sites excluding steroid dienone is 1. The quantitative estimate of drug-likeness (QED) is 0.215. The van der Waals surface area contributed by atoms with Gasteiger partial charge in [-0.05, 0) is 92.2 Å². The Labute approximate surface area is 223 Å². The van der Waals surface area contributed by atoms with Crippen molar-refractivity contribution in [3.05, 3.63) is 77.1 Å². The summed E-state index contributed by atoms with van der Waals surface area (Å²) in [5.74, 6) is 3.88. The molecule has 0 bridgehead atoms. The van der Waals surface area contributed by atoms with Crippen LogP contribution in [0.1, 0.15) is 105 Å². The van der Waals surface area contributed by atoms with Gasteiger partial charge in [-0.15, -0.1) is 6.42 Å². The van der Waals surface area contributed by atoms with Crippen molar-refractivity contribution < 1.29 is 4.79 Å². The molecule has 2 unspecified atom stereocenters. The van der Waals surface area contributed by atoms with Crippen LogP contribution in [0.2, 0.25) is 0 Å². The summed E-state index contributed by atoms with van der Waals surface area (Å²) in [7, 11) is 0. The fraction of sp³-hybridized carbons (Fsp3) is 0.471. The normalized spacial score (nSPS) is 19.7. The summed E-state index contributed by atoms with van der Waals surface area (Å²) < 4.78 is 0. The van der Waals surface area contributed by atoms with E-state index in [2.05, 4.69) is 55.1 Å². The van der Waals surface area contributed by atoms with E-state index in [0.29, 0.717) is 5.78 Å². The van der Waals surface area contributed by atoms with Gasteiger partial charge in [-0.3, -0.25) is 14.8 Å². The Hall–Kier alpha value is -2.99. The fourth-order valence-electron chi connectivity index (χ4n) is 6.06. The van der Waals surface area contributed by atoms with Gasteiger partial charge in [0, 0.05) is 29.4 Å². The second-order valence-corrected chi connectivity index (χ2v) is 11.0. The first kappa shape index (κ1) is 27.1. The number of hydrogen-bond acceptors (Lipinski definition) is 3. The molecule has 3 nitrogen and oxygen atoms in total. The van der Waals surface area contributed by atoms with Crippen molar-refractivity contribution >= 4 is 17.6 Å². The number of Topliss-reactive ketones (excluding diaryl/α,β-unsaturated/α-hetero) is 1. The molecular weight excluding hydrogens is 452 g/mol. The van der Waals surface area contributed by atoms with Crippen LogP contribution in [0.4, 0.5) is 0 Å². The number of benzene rings is 1. The van der Waals surface area contributed by atoms with E-state index in [9.17, 15) is 4.79 Å². The van der Waals surface area contributed by atoms with Gasteiger partial charge in [-0.1, -0.05) is 69.2 Å². The first-order valence-corrected chi connectivity index (χ1v) is 14.1. The van der Waals surface area contributed by atoms with Gasteiger partial charge in [0.1, 0.15) is 5.78 Å². The molecule has 193 valence electrons. The highest BCUT2D eigenvalue weighted by atomic mass is 16.1. The molecule has 0 aliphatic heterocycles. The SMILES string of the molecule is C#CC=N/C=C(\[CH2])c1ccc(C(C)c2cc3c(c(CCC4CCCCC4)n2)CC(C(C)=O)CCC3)cc1. The van der Waals surface area contributed by atoms with Crippen LogP contribution in [0.3, 0.4) is 0 Å². The highest BCUT2D eigenvalue weighted by Crippen LogP contribution is 2.34. The van der Waals surface area contributed by atoms with Crippen molar-refractivity contribution in [3.8, 4) is 12.3 Å². The molecule has 1 radical (unpaired) electrons. The summed E-state index contributed by atoms with van der Waals surface area (Å²) in [6.45, 7) is 8.12. The monoisotopic (exact) mass is 493 g/mol. The van der Waals surface area contributed by atoms with Crippen molar-refractivity contribution in [2.24, 2.45) is 16.8 Å². The molecule has 0 spiro atoms. The van der Waals surface area contributed by atoms with Crippen molar-refractivity contribution in [1.29, 1.82) is 0 Å². The fourth-order valence-corrected chi connectivity index (χ4v) is 6.06. The van der Waals surface area contributed by atoms with Crippen LogP contribution in [-0.2, 0) is 24.1 Å². The predicted octanol–water partition coefficient (Wildman–Crippen LogP) is 7.71. The number of hydrogen-bond donors (Lipinski definition) is 0. The topological polar surface area (TPSA) is 42.3 Å². The zero-order chi connectivity index (χ0) is 26.2. The number of terminal acetylenes is 1. The van der Waals surface area contributed by atoms with Crippen LogP contribution in [0.25, 0.3) is 5.57 Å². The summed E-state index contributed by atoms with van der Waals surface area (Å²) in [6, 6.07) is 10.9.